The number of hydrogen-bond acceptors (Lipinski definition) is 12. The molecule has 3 fully saturated rings. The van der Waals surface area contributed by atoms with Gasteiger partial charge in [-0.2, -0.15) is 0 Å². The lowest BCUT2D eigenvalue weighted by Crippen LogP contribution is -2.61. The van der Waals surface area contributed by atoms with Gasteiger partial charge in [0.2, 0.25) is 53.2 Å². The lowest BCUT2D eigenvalue weighted by molar-refractivity contribution is -0.147. The van der Waals surface area contributed by atoms with Crippen molar-refractivity contribution in [3.63, 3.8) is 0 Å². The molecule has 7 rings (SSSR count). The molecule has 9 amide bonds. The molecule has 2 aromatic carbocycles. The molecule has 24 heteroatoms. The highest BCUT2D eigenvalue weighted by atomic mass is 16.2. The summed E-state index contributed by atoms with van der Waals surface area (Å²) in [6, 6.07) is 6.32. The third kappa shape index (κ3) is 16.1. The maximum Gasteiger partial charge on any atom is 0.245 e. The van der Waals surface area contributed by atoms with Gasteiger partial charge >= 0.3 is 0 Å². The van der Waals surface area contributed by atoms with Gasteiger partial charge in [-0.05, 0) is 75.5 Å². The van der Waals surface area contributed by atoms with Crippen molar-refractivity contribution in [2.75, 3.05) is 26.2 Å². The number of rotatable bonds is 14. The number of aromatic amines is 1. The van der Waals surface area contributed by atoms with Crippen LogP contribution in [-0.4, -0.2) is 160 Å². The van der Waals surface area contributed by atoms with E-state index in [1.165, 1.54) is 23.6 Å². The number of ketones is 1. The number of nitrogens with one attached hydrogen (secondary N) is 8. The van der Waals surface area contributed by atoms with Gasteiger partial charge in [-0.1, -0.05) is 54.6 Å². The minimum Gasteiger partial charge on any atom is -0.370 e. The van der Waals surface area contributed by atoms with E-state index in [4.69, 9.17) is 11.5 Å². The summed E-state index contributed by atoms with van der Waals surface area (Å²) in [5, 5.41) is 20.0. The minimum absolute atomic E-state index is 0.0507. The van der Waals surface area contributed by atoms with Crippen molar-refractivity contribution >= 4 is 82.0 Å². The second-order valence-electron chi connectivity index (χ2n) is 20.4. The molecule has 422 valence electrons. The fraction of sp³-hybridized carbons (Fsp3) is 0.491. The quantitative estimate of drug-likeness (QED) is 0.0558. The van der Waals surface area contributed by atoms with Crippen LogP contribution >= 0.6 is 0 Å². The smallest absolute Gasteiger partial charge is 0.245 e. The number of benzene rings is 2. The molecular weight excluding hydrogens is 1020 g/mol. The highest BCUT2D eigenvalue weighted by molar-refractivity contribution is 5.99. The van der Waals surface area contributed by atoms with E-state index in [9.17, 15) is 43.2 Å². The molecule has 1 aromatic heterocycles. The minimum atomic E-state index is -1.43. The van der Waals surface area contributed by atoms with Crippen LogP contribution in [0, 0.1) is 0 Å². The number of para-hydroxylation sites is 1. The van der Waals surface area contributed by atoms with Gasteiger partial charge in [0.05, 0.1) is 6.04 Å². The van der Waals surface area contributed by atoms with Gasteiger partial charge in [-0.3, -0.25) is 57.9 Å². The fourth-order valence-electron chi connectivity index (χ4n) is 10.5. The third-order valence-electron chi connectivity index (χ3n) is 14.5. The second-order valence-corrected chi connectivity index (χ2v) is 20.4. The predicted octanol–water partition coefficient (Wildman–Crippen LogP) is -0.445. The summed E-state index contributed by atoms with van der Waals surface area (Å²) in [4.78, 5) is 156. The van der Waals surface area contributed by atoms with Gasteiger partial charge < -0.3 is 63.5 Å². The van der Waals surface area contributed by atoms with E-state index < -0.39 is 95.6 Å². The molecule has 5 heterocycles. The zero-order valence-electron chi connectivity index (χ0n) is 44.6. The van der Waals surface area contributed by atoms with Crippen molar-refractivity contribution in [1.29, 1.82) is 0 Å². The Morgan fingerprint density at radius 1 is 0.696 bits per heavy atom. The van der Waals surface area contributed by atoms with E-state index >= 15 is 4.79 Å². The summed E-state index contributed by atoms with van der Waals surface area (Å²) in [7, 11) is 0. The van der Waals surface area contributed by atoms with Crippen LogP contribution in [0.4, 0.5) is 0 Å². The molecule has 3 saturated heterocycles. The molecule has 0 bridgehead atoms. The Hall–Kier alpha value is -8.44. The SMILES string of the molecule is CC(=O)N[C@H]1CCNC(=O)CC[C@@H](C(=O)N2CCC[C@H]2C(=O)N2CCC[C@H]2C(C)=O)NC(=O)[C@H](Cc2c[nH]c3ccccc23)NC(=O)[C@H](CCCN=C(N)N)NC(=O)[C@@H](Cc2ccccc2)NC(=O)[C@H](CC2=CCC=N2)NC1=O. The zero-order valence-corrected chi connectivity index (χ0v) is 44.6. The topological polar surface area (TPSA) is 354 Å². The van der Waals surface area contributed by atoms with Crippen LogP contribution in [0.25, 0.3) is 10.9 Å². The number of nitrogens with zero attached hydrogens (tertiary/aromatic N) is 4. The van der Waals surface area contributed by atoms with E-state index in [0.29, 0.717) is 55.5 Å². The number of fused-ring (bicyclic) bond motifs is 1. The van der Waals surface area contributed by atoms with Gasteiger partial charge in [0, 0.05) is 94.2 Å². The summed E-state index contributed by atoms with van der Waals surface area (Å²) in [6.45, 7) is 3.01. The number of hydrogen-bond donors (Lipinski definition) is 10. The van der Waals surface area contributed by atoms with Crippen molar-refractivity contribution in [3.8, 4) is 0 Å². The van der Waals surface area contributed by atoms with Crippen LogP contribution in [0.3, 0.4) is 0 Å². The van der Waals surface area contributed by atoms with Crippen LogP contribution in [0.15, 0.2) is 82.6 Å². The average Bonchev–Trinajstić information content (AvgIpc) is 4.40. The average molecular weight is 1090 g/mol. The Morgan fingerprint density at radius 3 is 2.00 bits per heavy atom. The molecule has 0 radical (unpaired) electrons. The van der Waals surface area contributed by atoms with Crippen molar-refractivity contribution in [2.45, 2.75) is 146 Å². The number of aliphatic imine (C=N–C) groups is 2. The Bertz CT molecular complexity index is 2850. The van der Waals surface area contributed by atoms with Gasteiger partial charge in [0.25, 0.3) is 0 Å². The van der Waals surface area contributed by atoms with Gasteiger partial charge in [0.1, 0.15) is 42.3 Å². The highest BCUT2D eigenvalue weighted by Gasteiger charge is 2.44. The van der Waals surface area contributed by atoms with E-state index in [1.54, 1.807) is 48.8 Å². The molecule has 79 heavy (non-hydrogen) atoms. The van der Waals surface area contributed by atoms with Gasteiger partial charge in [0.15, 0.2) is 11.7 Å². The molecule has 3 aromatic rings. The van der Waals surface area contributed by atoms with Crippen LogP contribution < -0.4 is 48.7 Å². The number of guanidine groups is 1. The fourth-order valence-corrected chi connectivity index (χ4v) is 10.5. The maximum absolute atomic E-state index is 15.0. The number of carbonyl (C=O) groups excluding carboxylic acids is 10. The van der Waals surface area contributed by atoms with Crippen molar-refractivity contribution in [1.82, 2.24) is 52.0 Å². The normalized spacial score (nSPS) is 24.9. The van der Waals surface area contributed by atoms with Crippen molar-refractivity contribution in [3.05, 3.63) is 83.7 Å². The van der Waals surface area contributed by atoms with Crippen molar-refractivity contribution < 1.29 is 47.9 Å². The standard InChI is InChI=1S/C55H72N14O10/c1-32(70)45-18-10-26-68(45)54(79)46-19-11-27-69(46)53(78)41-20-21-47(72)59-25-22-40(62-33(2)71)49(74)67-44(30-36-14-8-23-58-36)52(77)65-42(28-34-12-4-3-5-13-34)50(75)63-39(17-9-24-60-55(56)57)48(73)66-43(51(76)64-41)29-35-31-61-38-16-7-6-15-37(35)38/h3-7,12-16,23,31,39-46,61H,8-11,17-22,24-30H2,1-2H3,(H,59,72)(H,62,71)(H,63,75)(H,64,76)(H,65,77)(H,66,73)(H,67,74)(H4,56,57,60)/t39-,40-,41-,42+,43-,44-,45-,46-/m0/s1. The maximum atomic E-state index is 15.0. The molecule has 24 nitrogen and oxygen atoms in total. The second kappa shape index (κ2) is 27.7. The van der Waals surface area contributed by atoms with Crippen LogP contribution in [0.2, 0.25) is 0 Å². The first kappa shape index (κ1) is 58.2. The number of H-pyrrole nitrogens is 1. The molecule has 4 aliphatic heterocycles. The first-order valence-electron chi connectivity index (χ1n) is 27.0. The van der Waals surface area contributed by atoms with Crippen LogP contribution in [0.5, 0.6) is 0 Å². The van der Waals surface area contributed by atoms with E-state index in [2.05, 4.69) is 52.2 Å². The number of Topliss-reactive ketones (excluding diaryl/α,β-unsaturated/α-hetero) is 1. The number of aromatic nitrogens is 1. The van der Waals surface area contributed by atoms with Crippen molar-refractivity contribution in [2.24, 2.45) is 21.5 Å². The molecule has 0 spiro atoms. The lowest BCUT2D eigenvalue weighted by Gasteiger charge is -2.33. The Morgan fingerprint density at radius 2 is 1.32 bits per heavy atom. The number of likely N-dealkylation sites (tertiary alicyclic amines) is 2. The lowest BCUT2D eigenvalue weighted by atomic mass is 10.0. The molecule has 0 unspecified atom stereocenters. The Balaban J connectivity index is 1.27. The molecule has 0 aliphatic carbocycles. The molecule has 12 N–H and O–H groups in total. The highest BCUT2D eigenvalue weighted by Crippen LogP contribution is 2.27. The molecule has 8 atom stereocenters. The van der Waals surface area contributed by atoms with E-state index in [1.807, 2.05) is 24.3 Å². The number of carbonyl (C=O) groups is 10. The van der Waals surface area contributed by atoms with E-state index in [-0.39, 0.29) is 88.7 Å². The summed E-state index contributed by atoms with van der Waals surface area (Å²) in [5.74, 6) is -6.56. The number of nitrogens with two attached hydrogens (primary N) is 2. The van der Waals surface area contributed by atoms with Gasteiger partial charge in [-0.25, -0.2) is 0 Å². The first-order chi connectivity index (χ1) is 37.9. The molecule has 0 saturated carbocycles. The van der Waals surface area contributed by atoms with E-state index in [0.717, 1.165) is 10.9 Å². The number of amides is 9. The predicted molar refractivity (Wildman–Crippen MR) is 292 cm³/mol. The molecule has 4 aliphatic rings. The summed E-state index contributed by atoms with van der Waals surface area (Å²) < 4.78 is 0. The largest absolute Gasteiger partial charge is 0.370 e. The molecular formula is C55H72N14O10. The Labute approximate surface area is 457 Å². The first-order valence-corrected chi connectivity index (χ1v) is 27.0. The van der Waals surface area contributed by atoms with Crippen LogP contribution in [-0.2, 0) is 60.8 Å². The monoisotopic (exact) mass is 1090 g/mol. The van der Waals surface area contributed by atoms with Crippen LogP contribution in [0.1, 0.15) is 95.6 Å². The third-order valence-corrected chi connectivity index (χ3v) is 14.5. The summed E-state index contributed by atoms with van der Waals surface area (Å²) >= 11 is 0. The van der Waals surface area contributed by atoms with Gasteiger partial charge in [-0.15, -0.1) is 0 Å². The summed E-state index contributed by atoms with van der Waals surface area (Å²) in [6.07, 6.45) is 6.47. The Kier molecular flexibility index (Phi) is 20.5. The number of allylic oxidation sites excluding steroid dienone is 1. The summed E-state index contributed by atoms with van der Waals surface area (Å²) in [5.41, 5.74) is 13.7. The zero-order chi connectivity index (χ0) is 56.6.